The van der Waals surface area contributed by atoms with E-state index in [1.165, 1.54) is 37.4 Å². The molecule has 0 unspecified atom stereocenters. The number of carboxylic acids is 1. The fourth-order valence-electron chi connectivity index (χ4n) is 1.43. The number of hydrogen-bond donors (Lipinski definition) is 2. The summed E-state index contributed by atoms with van der Waals surface area (Å²) >= 11 is 0. The molecule has 1 aromatic carbocycles. The summed E-state index contributed by atoms with van der Waals surface area (Å²) in [5.41, 5.74) is 0.564. The van der Waals surface area contributed by atoms with Crippen LogP contribution in [0, 0.1) is 0 Å². The van der Waals surface area contributed by atoms with E-state index in [0.717, 1.165) is 10.9 Å². The molecule has 110 valence electrons. The van der Waals surface area contributed by atoms with Gasteiger partial charge in [-0.25, -0.2) is 17.9 Å². The molecule has 9 nitrogen and oxygen atoms in total. The van der Waals surface area contributed by atoms with E-state index in [0.29, 0.717) is 5.56 Å². The number of carbonyl (C=O) groups is 1. The van der Waals surface area contributed by atoms with Gasteiger partial charge >= 0.3 is 5.97 Å². The zero-order chi connectivity index (χ0) is 15.5. The quantitative estimate of drug-likeness (QED) is 0.750. The van der Waals surface area contributed by atoms with E-state index in [1.54, 1.807) is 0 Å². The molecule has 0 aliphatic carbocycles. The molecule has 0 bridgehead atoms. The Balaban J connectivity index is 2.19. The third-order valence-corrected chi connectivity index (χ3v) is 3.69. The molecule has 0 amide bonds. The molecule has 1 aromatic heterocycles. The van der Waals surface area contributed by atoms with Crippen LogP contribution in [0.4, 0.5) is 5.95 Å². The number of hydrogen-bond acceptors (Lipinski definition) is 6. The molecular formula is C11H11N5O4S. The van der Waals surface area contributed by atoms with Crippen LogP contribution in [0.25, 0.3) is 6.08 Å². The second-order valence-corrected chi connectivity index (χ2v) is 5.63. The summed E-state index contributed by atoms with van der Waals surface area (Å²) in [6, 6.07) is 5.66. The van der Waals surface area contributed by atoms with Gasteiger partial charge in [-0.05, 0) is 29.0 Å². The van der Waals surface area contributed by atoms with Crippen molar-refractivity contribution in [2.75, 3.05) is 4.72 Å². The first kappa shape index (κ1) is 14.7. The van der Waals surface area contributed by atoms with E-state index >= 15 is 0 Å². The average molecular weight is 309 g/mol. The maximum Gasteiger partial charge on any atom is 0.328 e. The molecule has 0 fully saturated rings. The molecule has 2 aromatic rings. The summed E-state index contributed by atoms with van der Waals surface area (Å²) in [5.74, 6) is -1.21. The van der Waals surface area contributed by atoms with E-state index in [1.807, 2.05) is 0 Å². The van der Waals surface area contributed by atoms with E-state index in [9.17, 15) is 13.2 Å². The number of aliphatic carboxylic acids is 1. The third kappa shape index (κ3) is 3.86. The van der Waals surface area contributed by atoms with Crippen molar-refractivity contribution >= 4 is 28.0 Å². The minimum atomic E-state index is -3.82. The zero-order valence-electron chi connectivity index (χ0n) is 10.8. The van der Waals surface area contributed by atoms with Crippen LogP contribution in [-0.4, -0.2) is 39.7 Å². The molecule has 1 heterocycles. The Morgan fingerprint density at radius 1 is 1.33 bits per heavy atom. The van der Waals surface area contributed by atoms with Crippen molar-refractivity contribution in [3.8, 4) is 0 Å². The van der Waals surface area contributed by atoms with Gasteiger partial charge in [0.25, 0.3) is 16.0 Å². The van der Waals surface area contributed by atoms with E-state index in [4.69, 9.17) is 5.11 Å². The second-order valence-electron chi connectivity index (χ2n) is 3.95. The van der Waals surface area contributed by atoms with Gasteiger partial charge in [0.1, 0.15) is 0 Å². The van der Waals surface area contributed by atoms with Gasteiger partial charge in [-0.3, -0.25) is 0 Å². The standard InChI is InChI=1S/C11H11N5O4S/c1-16-13-11(12-15-16)14-21(19,20)9-5-2-8(3-6-9)4-7-10(17)18/h2-7H,1H3,(H,13,14)(H,17,18). The van der Waals surface area contributed by atoms with Crippen LogP contribution in [0.15, 0.2) is 35.2 Å². The number of tetrazole rings is 1. The van der Waals surface area contributed by atoms with Crippen molar-refractivity contribution in [2.45, 2.75) is 4.90 Å². The Kier molecular flexibility index (Phi) is 3.98. The molecule has 2 rings (SSSR count). The lowest BCUT2D eigenvalue weighted by Crippen LogP contribution is -2.14. The molecule has 0 spiro atoms. The fourth-order valence-corrected chi connectivity index (χ4v) is 2.36. The van der Waals surface area contributed by atoms with Gasteiger partial charge in [0, 0.05) is 6.08 Å². The van der Waals surface area contributed by atoms with Crippen molar-refractivity contribution in [1.29, 1.82) is 0 Å². The maximum absolute atomic E-state index is 12.0. The van der Waals surface area contributed by atoms with Crippen LogP contribution in [0.3, 0.4) is 0 Å². The van der Waals surface area contributed by atoms with Gasteiger partial charge < -0.3 is 5.11 Å². The first-order valence-electron chi connectivity index (χ1n) is 5.65. The van der Waals surface area contributed by atoms with Crippen LogP contribution in [0.5, 0.6) is 0 Å². The molecule has 0 saturated heterocycles. The lowest BCUT2D eigenvalue weighted by molar-refractivity contribution is -0.131. The second kappa shape index (κ2) is 5.71. The maximum atomic E-state index is 12.0. The summed E-state index contributed by atoms with van der Waals surface area (Å²) in [6.45, 7) is 0. The number of nitrogens with zero attached hydrogens (tertiary/aromatic N) is 4. The predicted molar refractivity (Wildman–Crippen MR) is 72.7 cm³/mol. The van der Waals surface area contributed by atoms with Gasteiger partial charge in [-0.15, -0.1) is 5.10 Å². The highest BCUT2D eigenvalue weighted by Crippen LogP contribution is 2.14. The molecule has 0 aliphatic rings. The summed E-state index contributed by atoms with van der Waals surface area (Å²) < 4.78 is 26.3. The van der Waals surface area contributed by atoms with Crippen molar-refractivity contribution in [1.82, 2.24) is 20.2 Å². The van der Waals surface area contributed by atoms with Crippen LogP contribution in [-0.2, 0) is 21.9 Å². The topological polar surface area (TPSA) is 127 Å². The van der Waals surface area contributed by atoms with Gasteiger partial charge in [-0.1, -0.05) is 17.2 Å². The summed E-state index contributed by atoms with van der Waals surface area (Å²) in [6.07, 6.45) is 2.32. The first-order chi connectivity index (χ1) is 9.87. The fraction of sp³-hybridized carbons (Fsp3) is 0.0909. The molecular weight excluding hydrogens is 298 g/mol. The molecule has 2 N–H and O–H groups in total. The lowest BCUT2D eigenvalue weighted by atomic mass is 10.2. The van der Waals surface area contributed by atoms with Crippen LogP contribution in [0.2, 0.25) is 0 Å². The van der Waals surface area contributed by atoms with Crippen molar-refractivity contribution < 1.29 is 18.3 Å². The molecule has 21 heavy (non-hydrogen) atoms. The van der Waals surface area contributed by atoms with Crippen molar-refractivity contribution in [2.24, 2.45) is 7.05 Å². The van der Waals surface area contributed by atoms with Gasteiger partial charge in [0.05, 0.1) is 11.9 Å². The smallest absolute Gasteiger partial charge is 0.328 e. The van der Waals surface area contributed by atoms with Crippen molar-refractivity contribution in [3.63, 3.8) is 0 Å². The van der Waals surface area contributed by atoms with Crippen LogP contribution >= 0.6 is 0 Å². The van der Waals surface area contributed by atoms with Crippen LogP contribution < -0.4 is 4.72 Å². The Morgan fingerprint density at radius 2 is 2.00 bits per heavy atom. The molecule has 0 saturated carbocycles. The highest BCUT2D eigenvalue weighted by molar-refractivity contribution is 7.92. The van der Waals surface area contributed by atoms with Gasteiger partial charge in [0.15, 0.2) is 0 Å². The number of aryl methyl sites for hydroxylation is 1. The zero-order valence-corrected chi connectivity index (χ0v) is 11.6. The van der Waals surface area contributed by atoms with Gasteiger partial charge in [0.2, 0.25) is 0 Å². The number of rotatable bonds is 5. The Hall–Kier alpha value is -2.75. The summed E-state index contributed by atoms with van der Waals surface area (Å²) in [7, 11) is -2.31. The Labute approximate surface area is 120 Å². The monoisotopic (exact) mass is 309 g/mol. The number of carboxylic acid groups (broad SMARTS) is 1. The molecule has 10 heteroatoms. The highest BCUT2D eigenvalue weighted by Gasteiger charge is 2.16. The van der Waals surface area contributed by atoms with Gasteiger partial charge in [-0.2, -0.15) is 4.80 Å². The largest absolute Gasteiger partial charge is 0.478 e. The van der Waals surface area contributed by atoms with Crippen LogP contribution in [0.1, 0.15) is 5.56 Å². The van der Waals surface area contributed by atoms with E-state index < -0.39 is 16.0 Å². The highest BCUT2D eigenvalue weighted by atomic mass is 32.2. The van der Waals surface area contributed by atoms with E-state index in [2.05, 4.69) is 20.1 Å². The Morgan fingerprint density at radius 3 is 2.52 bits per heavy atom. The third-order valence-electron chi connectivity index (χ3n) is 2.34. The first-order valence-corrected chi connectivity index (χ1v) is 7.13. The minimum Gasteiger partial charge on any atom is -0.478 e. The average Bonchev–Trinajstić information content (AvgIpc) is 2.81. The van der Waals surface area contributed by atoms with Crippen molar-refractivity contribution in [3.05, 3.63) is 35.9 Å². The number of aromatic nitrogens is 4. The number of benzene rings is 1. The number of anilines is 1. The summed E-state index contributed by atoms with van der Waals surface area (Å²) in [4.78, 5) is 11.5. The number of nitrogens with one attached hydrogen (secondary N) is 1. The van der Waals surface area contributed by atoms with E-state index in [-0.39, 0.29) is 10.8 Å². The minimum absolute atomic E-state index is 0.00225. The molecule has 0 aliphatic heterocycles. The molecule has 0 radical (unpaired) electrons. The summed E-state index contributed by atoms with van der Waals surface area (Å²) in [5, 5.41) is 19.3. The normalized spacial score (nSPS) is 11.7. The predicted octanol–water partition coefficient (Wildman–Crippen LogP) is 0.109. The molecule has 0 atom stereocenters. The Bertz CT molecular complexity index is 779. The lowest BCUT2D eigenvalue weighted by Gasteiger charge is -2.04. The number of sulfonamides is 1. The SMILES string of the molecule is Cn1nnc(NS(=O)(=O)c2ccc(C=CC(=O)O)cc2)n1.